The molecule has 5 N–H and O–H groups in total. The number of anilines is 2. The molecule has 28 heavy (non-hydrogen) atoms. The molecule has 0 saturated heterocycles. The molecule has 0 saturated carbocycles. The van der Waals surface area contributed by atoms with Crippen molar-refractivity contribution in [1.82, 2.24) is 15.0 Å². The Morgan fingerprint density at radius 1 is 0.964 bits per heavy atom. The standard InChI is InChI=1S/C22H17N5S/c23-15-8-5-13(6-9-15)16-12-28-21-14(11-25-22(24)20(16)21)7-10-19-26-17-3-1-2-4-18(17)27-19/h1-12H,23H2,(H2,24,25)(H,26,27)/b10-7+. The molecule has 0 unspecified atom stereocenters. The number of nitrogens with two attached hydrogens (primary N) is 2. The number of fused-ring (bicyclic) bond motifs is 2. The Kier molecular flexibility index (Phi) is 3.84. The number of aromatic nitrogens is 3. The topological polar surface area (TPSA) is 93.6 Å². The summed E-state index contributed by atoms with van der Waals surface area (Å²) in [6, 6.07) is 15.8. The molecular weight excluding hydrogens is 366 g/mol. The van der Waals surface area contributed by atoms with E-state index >= 15 is 0 Å². The predicted molar refractivity (Wildman–Crippen MR) is 119 cm³/mol. The Morgan fingerprint density at radius 3 is 2.61 bits per heavy atom. The van der Waals surface area contributed by atoms with Crippen LogP contribution in [0.25, 0.3) is 44.4 Å². The van der Waals surface area contributed by atoms with Crippen LogP contribution in [0.15, 0.2) is 60.1 Å². The van der Waals surface area contributed by atoms with E-state index in [1.165, 1.54) is 0 Å². The molecule has 5 rings (SSSR count). The number of aromatic amines is 1. The number of rotatable bonds is 3. The number of pyridine rings is 1. The minimum atomic E-state index is 0.531. The first-order chi connectivity index (χ1) is 13.7. The van der Waals surface area contributed by atoms with Gasteiger partial charge in [0.1, 0.15) is 11.6 Å². The Balaban J connectivity index is 1.58. The fourth-order valence-electron chi connectivity index (χ4n) is 3.30. The van der Waals surface area contributed by atoms with Gasteiger partial charge in [0.25, 0.3) is 0 Å². The molecule has 5 aromatic rings. The van der Waals surface area contributed by atoms with Gasteiger partial charge >= 0.3 is 0 Å². The van der Waals surface area contributed by atoms with Crippen molar-refractivity contribution >= 4 is 56.1 Å². The van der Waals surface area contributed by atoms with Gasteiger partial charge in [-0.25, -0.2) is 9.97 Å². The number of thiophene rings is 1. The van der Waals surface area contributed by atoms with Gasteiger partial charge in [0.05, 0.1) is 11.0 Å². The molecule has 0 atom stereocenters. The van der Waals surface area contributed by atoms with Crippen molar-refractivity contribution in [2.45, 2.75) is 0 Å². The molecule has 6 heteroatoms. The minimum absolute atomic E-state index is 0.531. The predicted octanol–water partition coefficient (Wildman–Crippen LogP) is 5.17. The first-order valence-electron chi connectivity index (χ1n) is 8.83. The van der Waals surface area contributed by atoms with Gasteiger partial charge in [-0.1, -0.05) is 24.3 Å². The number of para-hydroxylation sites is 2. The number of nitrogens with one attached hydrogen (secondary N) is 1. The van der Waals surface area contributed by atoms with Crippen molar-refractivity contribution in [3.05, 3.63) is 71.5 Å². The number of nitrogen functional groups attached to an aromatic ring is 2. The van der Waals surface area contributed by atoms with Crippen LogP contribution in [0.4, 0.5) is 11.5 Å². The molecule has 0 aliphatic carbocycles. The van der Waals surface area contributed by atoms with E-state index in [0.29, 0.717) is 5.82 Å². The Morgan fingerprint density at radius 2 is 1.79 bits per heavy atom. The normalized spacial score (nSPS) is 11.7. The summed E-state index contributed by atoms with van der Waals surface area (Å²) < 4.78 is 1.10. The maximum atomic E-state index is 6.22. The molecule has 0 bridgehead atoms. The highest BCUT2D eigenvalue weighted by Crippen LogP contribution is 2.39. The van der Waals surface area contributed by atoms with E-state index in [4.69, 9.17) is 11.5 Å². The van der Waals surface area contributed by atoms with E-state index in [2.05, 4.69) is 20.3 Å². The van der Waals surface area contributed by atoms with E-state index in [1.54, 1.807) is 17.5 Å². The molecule has 0 radical (unpaired) electrons. The lowest BCUT2D eigenvalue weighted by molar-refractivity contribution is 1.29. The molecule has 3 aromatic heterocycles. The quantitative estimate of drug-likeness (QED) is 0.374. The number of hydrogen-bond acceptors (Lipinski definition) is 5. The van der Waals surface area contributed by atoms with Gasteiger partial charge in [0, 0.05) is 33.1 Å². The summed E-state index contributed by atoms with van der Waals surface area (Å²) in [5, 5.41) is 3.09. The summed E-state index contributed by atoms with van der Waals surface area (Å²) in [4.78, 5) is 12.3. The van der Waals surface area contributed by atoms with Crippen molar-refractivity contribution < 1.29 is 0 Å². The molecule has 5 nitrogen and oxygen atoms in total. The first-order valence-corrected chi connectivity index (χ1v) is 9.71. The SMILES string of the molecule is Nc1ccc(-c2csc3c(/C=C/c4nc5ccccc5[nH]4)cnc(N)c23)cc1. The molecule has 3 heterocycles. The van der Waals surface area contributed by atoms with Crippen LogP contribution >= 0.6 is 11.3 Å². The zero-order valence-corrected chi connectivity index (χ0v) is 15.7. The lowest BCUT2D eigenvalue weighted by Gasteiger charge is -2.04. The van der Waals surface area contributed by atoms with Gasteiger partial charge in [-0.15, -0.1) is 11.3 Å². The second kappa shape index (κ2) is 6.51. The molecule has 0 amide bonds. The van der Waals surface area contributed by atoms with Crippen molar-refractivity contribution in [2.75, 3.05) is 11.5 Å². The van der Waals surface area contributed by atoms with Crippen LogP contribution in [0.1, 0.15) is 11.4 Å². The van der Waals surface area contributed by atoms with E-state index < -0.39 is 0 Å². The number of hydrogen-bond donors (Lipinski definition) is 3. The zero-order chi connectivity index (χ0) is 19.1. The van der Waals surface area contributed by atoms with E-state index in [9.17, 15) is 0 Å². The fourth-order valence-corrected chi connectivity index (χ4v) is 4.38. The maximum Gasteiger partial charge on any atom is 0.132 e. The van der Waals surface area contributed by atoms with Crippen molar-refractivity contribution in [3.8, 4) is 11.1 Å². The zero-order valence-electron chi connectivity index (χ0n) is 14.9. The van der Waals surface area contributed by atoms with Gasteiger partial charge in [0.15, 0.2) is 0 Å². The highest BCUT2D eigenvalue weighted by atomic mass is 32.1. The molecule has 0 aliphatic heterocycles. The Bertz CT molecular complexity index is 1300. The summed E-state index contributed by atoms with van der Waals surface area (Å²) in [6.45, 7) is 0. The van der Waals surface area contributed by atoms with Gasteiger partial charge in [-0.05, 0) is 47.4 Å². The third-order valence-corrected chi connectivity index (χ3v) is 5.73. The van der Waals surface area contributed by atoms with Gasteiger partial charge in [0.2, 0.25) is 0 Å². The summed E-state index contributed by atoms with van der Waals surface area (Å²) in [5.41, 5.74) is 17.9. The van der Waals surface area contributed by atoms with Crippen LogP contribution in [0.3, 0.4) is 0 Å². The number of nitrogens with zero attached hydrogens (tertiary/aromatic N) is 2. The summed E-state index contributed by atoms with van der Waals surface area (Å²) in [7, 11) is 0. The highest BCUT2D eigenvalue weighted by molar-refractivity contribution is 7.18. The molecule has 136 valence electrons. The van der Waals surface area contributed by atoms with Gasteiger partial charge in [-0.2, -0.15) is 0 Å². The molecule has 0 aliphatic rings. The monoisotopic (exact) mass is 383 g/mol. The van der Waals surface area contributed by atoms with Gasteiger partial charge < -0.3 is 16.5 Å². The summed E-state index contributed by atoms with van der Waals surface area (Å²) in [5.74, 6) is 1.34. The lowest BCUT2D eigenvalue weighted by atomic mass is 10.0. The second-order valence-electron chi connectivity index (χ2n) is 6.55. The molecule has 0 fully saturated rings. The second-order valence-corrected chi connectivity index (χ2v) is 7.43. The van der Waals surface area contributed by atoms with E-state index in [1.807, 2.05) is 60.7 Å². The average molecular weight is 383 g/mol. The van der Waals surface area contributed by atoms with Crippen LogP contribution in [0.5, 0.6) is 0 Å². The van der Waals surface area contributed by atoms with Crippen LogP contribution in [0.2, 0.25) is 0 Å². The molecular formula is C22H17N5S. The van der Waals surface area contributed by atoms with E-state index in [0.717, 1.165) is 49.3 Å². The molecule has 2 aromatic carbocycles. The third kappa shape index (κ3) is 2.80. The first kappa shape index (κ1) is 16.5. The average Bonchev–Trinajstić information content (AvgIpc) is 3.33. The smallest absolute Gasteiger partial charge is 0.132 e. The van der Waals surface area contributed by atoms with Gasteiger partial charge in [-0.3, -0.25) is 0 Å². The van der Waals surface area contributed by atoms with E-state index in [-0.39, 0.29) is 0 Å². The Hall–Kier alpha value is -3.64. The van der Waals surface area contributed by atoms with Crippen LogP contribution in [-0.2, 0) is 0 Å². The fraction of sp³-hybridized carbons (Fsp3) is 0. The summed E-state index contributed by atoms with van der Waals surface area (Å²) in [6.07, 6.45) is 5.80. The number of imidazole rings is 1. The van der Waals surface area contributed by atoms with Crippen LogP contribution < -0.4 is 11.5 Å². The summed E-state index contributed by atoms with van der Waals surface area (Å²) >= 11 is 1.66. The number of benzene rings is 2. The lowest BCUT2D eigenvalue weighted by Crippen LogP contribution is -1.92. The van der Waals surface area contributed by atoms with Crippen LogP contribution in [0, 0.1) is 0 Å². The highest BCUT2D eigenvalue weighted by Gasteiger charge is 2.13. The van der Waals surface area contributed by atoms with Crippen molar-refractivity contribution in [2.24, 2.45) is 0 Å². The van der Waals surface area contributed by atoms with Crippen LogP contribution in [-0.4, -0.2) is 15.0 Å². The Labute approximate surface area is 165 Å². The largest absolute Gasteiger partial charge is 0.399 e. The van der Waals surface area contributed by atoms with Crippen molar-refractivity contribution in [1.29, 1.82) is 0 Å². The molecule has 0 spiro atoms. The maximum absolute atomic E-state index is 6.22. The van der Waals surface area contributed by atoms with Crippen molar-refractivity contribution in [3.63, 3.8) is 0 Å². The third-order valence-electron chi connectivity index (χ3n) is 4.70. The number of H-pyrrole nitrogens is 1. The minimum Gasteiger partial charge on any atom is -0.399 e.